The number of pyridine rings is 1. The van der Waals surface area contributed by atoms with Crippen molar-refractivity contribution in [2.45, 2.75) is 16.7 Å². The summed E-state index contributed by atoms with van der Waals surface area (Å²) in [5.74, 6) is 1.32. The minimum Gasteiger partial charge on any atom is -0.486 e. The summed E-state index contributed by atoms with van der Waals surface area (Å²) in [4.78, 5) is 25.3. The number of rotatable bonds is 4. The molecule has 4 rings (SSSR count). The summed E-state index contributed by atoms with van der Waals surface area (Å²) in [6, 6.07) is 7.44. The van der Waals surface area contributed by atoms with Crippen molar-refractivity contribution < 1.29 is 9.47 Å². The average Bonchev–Trinajstić information content (AvgIpc) is 2.71. The third-order valence-electron chi connectivity index (χ3n) is 4.35. The van der Waals surface area contributed by atoms with Gasteiger partial charge in [0, 0.05) is 31.3 Å². The zero-order valence-corrected chi connectivity index (χ0v) is 16.7. The summed E-state index contributed by atoms with van der Waals surface area (Å²) >= 11 is 1.37. The van der Waals surface area contributed by atoms with Crippen molar-refractivity contribution >= 4 is 17.4 Å². The summed E-state index contributed by atoms with van der Waals surface area (Å²) in [6.07, 6.45) is 5.08. The maximum atomic E-state index is 13.2. The van der Waals surface area contributed by atoms with Gasteiger partial charge in [-0.15, -0.1) is 0 Å². The van der Waals surface area contributed by atoms with Crippen LogP contribution in [0.2, 0.25) is 0 Å². The van der Waals surface area contributed by atoms with Gasteiger partial charge in [0.1, 0.15) is 19.5 Å². The van der Waals surface area contributed by atoms with Gasteiger partial charge in [0.15, 0.2) is 11.5 Å². The van der Waals surface area contributed by atoms with Gasteiger partial charge in [0.2, 0.25) is 0 Å². The van der Waals surface area contributed by atoms with E-state index in [9.17, 15) is 4.79 Å². The van der Waals surface area contributed by atoms with E-state index in [-0.39, 0.29) is 5.56 Å². The van der Waals surface area contributed by atoms with Crippen LogP contribution in [0, 0.1) is 6.92 Å². The van der Waals surface area contributed by atoms with Crippen LogP contribution < -0.4 is 19.9 Å². The van der Waals surface area contributed by atoms with Crippen LogP contribution in [0.3, 0.4) is 0 Å². The molecule has 0 saturated heterocycles. The van der Waals surface area contributed by atoms with Crippen molar-refractivity contribution in [2.24, 2.45) is 0 Å². The maximum Gasteiger partial charge on any atom is 0.272 e. The van der Waals surface area contributed by atoms with Crippen molar-refractivity contribution in [3.63, 3.8) is 0 Å². The maximum absolute atomic E-state index is 13.2. The summed E-state index contributed by atoms with van der Waals surface area (Å²) < 4.78 is 12.7. The van der Waals surface area contributed by atoms with Gasteiger partial charge >= 0.3 is 0 Å². The molecule has 0 amide bonds. The molecular formula is C20H20N4O3S. The van der Waals surface area contributed by atoms with Crippen molar-refractivity contribution in [3.8, 4) is 17.2 Å². The number of aryl methyl sites for hydroxylation is 1. The molecule has 2 aromatic heterocycles. The first-order valence-corrected chi connectivity index (χ1v) is 9.63. The standard InChI is InChI=1S/C20H20N4O3S/c1-13-19(28-16-8-15(23(2)3)10-21-11-16)20(25)24(12-22-13)14-4-5-17-18(9-14)27-7-6-26-17/h4-5,8-12H,6-7H2,1-3H3. The quantitative estimate of drug-likeness (QED) is 0.672. The van der Waals surface area contributed by atoms with Crippen LogP contribution in [0.4, 0.5) is 5.69 Å². The molecule has 7 nitrogen and oxygen atoms in total. The second-order valence-electron chi connectivity index (χ2n) is 6.54. The van der Waals surface area contributed by atoms with Gasteiger partial charge in [-0.2, -0.15) is 0 Å². The molecule has 28 heavy (non-hydrogen) atoms. The van der Waals surface area contributed by atoms with Crippen LogP contribution >= 0.6 is 11.8 Å². The lowest BCUT2D eigenvalue weighted by molar-refractivity contribution is 0.171. The first-order valence-electron chi connectivity index (χ1n) is 8.81. The molecule has 0 fully saturated rings. The Kier molecular flexibility index (Phi) is 4.95. The molecule has 0 spiro atoms. The van der Waals surface area contributed by atoms with Gasteiger partial charge in [-0.3, -0.25) is 14.3 Å². The fourth-order valence-corrected chi connectivity index (χ4v) is 3.74. The summed E-state index contributed by atoms with van der Waals surface area (Å²) in [7, 11) is 3.91. The predicted octanol–water partition coefficient (Wildman–Crippen LogP) is 2.92. The molecule has 8 heteroatoms. The molecule has 1 aromatic carbocycles. The minimum atomic E-state index is -0.135. The van der Waals surface area contributed by atoms with E-state index in [1.54, 1.807) is 24.8 Å². The molecular weight excluding hydrogens is 376 g/mol. The Bertz CT molecular complexity index is 1080. The molecule has 0 bridgehead atoms. The lowest BCUT2D eigenvalue weighted by atomic mass is 10.2. The Balaban J connectivity index is 1.72. The number of anilines is 1. The van der Waals surface area contributed by atoms with E-state index < -0.39 is 0 Å². The molecule has 0 radical (unpaired) electrons. The summed E-state index contributed by atoms with van der Waals surface area (Å²) in [5, 5.41) is 0. The fourth-order valence-electron chi connectivity index (χ4n) is 2.83. The Morgan fingerprint density at radius 2 is 1.89 bits per heavy atom. The third kappa shape index (κ3) is 3.55. The van der Waals surface area contributed by atoms with Gasteiger partial charge in [-0.25, -0.2) is 4.98 Å². The largest absolute Gasteiger partial charge is 0.486 e. The fraction of sp³-hybridized carbons (Fsp3) is 0.250. The van der Waals surface area contributed by atoms with Crippen LogP contribution in [0.5, 0.6) is 11.5 Å². The Labute approximate surface area is 167 Å². The molecule has 1 aliphatic heterocycles. The van der Waals surface area contributed by atoms with E-state index in [4.69, 9.17) is 9.47 Å². The lowest BCUT2D eigenvalue weighted by Crippen LogP contribution is -2.22. The first-order chi connectivity index (χ1) is 13.5. The topological polar surface area (TPSA) is 69.5 Å². The second-order valence-corrected chi connectivity index (χ2v) is 7.62. The highest BCUT2D eigenvalue weighted by molar-refractivity contribution is 7.99. The Morgan fingerprint density at radius 3 is 2.68 bits per heavy atom. The monoisotopic (exact) mass is 396 g/mol. The van der Waals surface area contributed by atoms with Crippen LogP contribution in [0.1, 0.15) is 5.69 Å². The van der Waals surface area contributed by atoms with Crippen LogP contribution in [0.15, 0.2) is 57.6 Å². The van der Waals surface area contributed by atoms with Crippen molar-refractivity contribution in [3.05, 3.63) is 59.0 Å². The van der Waals surface area contributed by atoms with Crippen LogP contribution in [0.25, 0.3) is 5.69 Å². The van der Waals surface area contributed by atoms with E-state index in [0.717, 1.165) is 10.6 Å². The molecule has 0 N–H and O–H groups in total. The number of benzene rings is 1. The zero-order valence-electron chi connectivity index (χ0n) is 15.9. The Morgan fingerprint density at radius 1 is 1.11 bits per heavy atom. The van der Waals surface area contributed by atoms with E-state index in [0.29, 0.717) is 41.0 Å². The van der Waals surface area contributed by atoms with Crippen molar-refractivity contribution in [2.75, 3.05) is 32.2 Å². The van der Waals surface area contributed by atoms with Crippen molar-refractivity contribution in [1.82, 2.24) is 14.5 Å². The minimum absolute atomic E-state index is 0.135. The number of ether oxygens (including phenoxy) is 2. The molecule has 3 aromatic rings. The number of nitrogens with zero attached hydrogens (tertiary/aromatic N) is 4. The smallest absolute Gasteiger partial charge is 0.272 e. The molecule has 0 saturated carbocycles. The molecule has 0 atom stereocenters. The SMILES string of the molecule is Cc1ncn(-c2ccc3c(c2)OCCO3)c(=O)c1Sc1cncc(N(C)C)c1. The highest BCUT2D eigenvalue weighted by atomic mass is 32.2. The molecule has 1 aliphatic rings. The molecule has 0 unspecified atom stereocenters. The molecule has 144 valence electrons. The summed E-state index contributed by atoms with van der Waals surface area (Å²) in [5.41, 5.74) is 2.20. The summed E-state index contributed by atoms with van der Waals surface area (Å²) in [6.45, 7) is 2.86. The van der Waals surface area contributed by atoms with Gasteiger partial charge < -0.3 is 14.4 Å². The van der Waals surface area contributed by atoms with Crippen LogP contribution in [-0.2, 0) is 0 Å². The normalized spacial score (nSPS) is 12.7. The molecule has 0 aliphatic carbocycles. The number of hydrogen-bond acceptors (Lipinski definition) is 7. The number of fused-ring (bicyclic) bond motifs is 1. The van der Waals surface area contributed by atoms with E-state index in [1.165, 1.54) is 16.3 Å². The Hall–Kier alpha value is -3.00. The van der Waals surface area contributed by atoms with E-state index in [2.05, 4.69) is 9.97 Å². The van der Waals surface area contributed by atoms with E-state index in [1.807, 2.05) is 44.1 Å². The van der Waals surface area contributed by atoms with Gasteiger partial charge in [0.25, 0.3) is 5.56 Å². The lowest BCUT2D eigenvalue weighted by Gasteiger charge is -2.19. The first kappa shape index (κ1) is 18.4. The van der Waals surface area contributed by atoms with Crippen molar-refractivity contribution in [1.29, 1.82) is 0 Å². The highest BCUT2D eigenvalue weighted by Gasteiger charge is 2.16. The number of aromatic nitrogens is 3. The predicted molar refractivity (Wildman–Crippen MR) is 108 cm³/mol. The van der Waals surface area contributed by atoms with Gasteiger partial charge in [0.05, 0.1) is 28.2 Å². The third-order valence-corrected chi connectivity index (χ3v) is 5.48. The number of hydrogen-bond donors (Lipinski definition) is 0. The van der Waals surface area contributed by atoms with Gasteiger partial charge in [-0.05, 0) is 25.1 Å². The van der Waals surface area contributed by atoms with E-state index >= 15 is 0 Å². The van der Waals surface area contributed by atoms with Gasteiger partial charge in [-0.1, -0.05) is 11.8 Å². The van der Waals surface area contributed by atoms with Crippen LogP contribution in [-0.4, -0.2) is 41.8 Å². The second kappa shape index (κ2) is 7.55. The highest BCUT2D eigenvalue weighted by Crippen LogP contribution is 2.32. The zero-order chi connectivity index (χ0) is 19.7. The molecule has 3 heterocycles. The average molecular weight is 396 g/mol.